The minimum atomic E-state index is -0.597. The lowest BCUT2D eigenvalue weighted by Gasteiger charge is -2.26. The zero-order chi connectivity index (χ0) is 12.0. The van der Waals surface area contributed by atoms with Gasteiger partial charge >= 0.3 is 6.16 Å². The van der Waals surface area contributed by atoms with Crippen molar-refractivity contribution < 1.29 is 19.0 Å². The molecule has 5 heteroatoms. The van der Waals surface area contributed by atoms with Gasteiger partial charge in [-0.3, -0.25) is 4.90 Å². The molecule has 0 radical (unpaired) electrons. The summed E-state index contributed by atoms with van der Waals surface area (Å²) in [6.45, 7) is 9.87. The van der Waals surface area contributed by atoms with Gasteiger partial charge in [0.15, 0.2) is 0 Å². The molecule has 5 nitrogen and oxygen atoms in total. The number of rotatable bonds is 3. The Hall–Kier alpha value is -0.810. The fraction of sp³-hybridized carbons (Fsp3) is 0.909. The summed E-state index contributed by atoms with van der Waals surface area (Å²) in [5.74, 6) is 0. The van der Waals surface area contributed by atoms with Crippen LogP contribution in [0.1, 0.15) is 20.8 Å². The van der Waals surface area contributed by atoms with Crippen LogP contribution in [0.2, 0.25) is 0 Å². The molecule has 1 rings (SSSR count). The van der Waals surface area contributed by atoms with Gasteiger partial charge in [-0.2, -0.15) is 0 Å². The molecule has 0 N–H and O–H groups in total. The first-order chi connectivity index (χ1) is 7.47. The topological polar surface area (TPSA) is 48.0 Å². The average Bonchev–Trinajstić information content (AvgIpc) is 2.16. The lowest BCUT2D eigenvalue weighted by molar-refractivity contribution is -0.0167. The van der Waals surface area contributed by atoms with Crippen molar-refractivity contribution >= 4 is 6.16 Å². The predicted molar refractivity (Wildman–Crippen MR) is 59.4 cm³/mol. The first kappa shape index (κ1) is 13.3. The Morgan fingerprint density at radius 3 is 2.50 bits per heavy atom. The van der Waals surface area contributed by atoms with Crippen molar-refractivity contribution in [3.05, 3.63) is 0 Å². The van der Waals surface area contributed by atoms with Gasteiger partial charge in [-0.1, -0.05) is 0 Å². The third-order valence-electron chi connectivity index (χ3n) is 2.12. The van der Waals surface area contributed by atoms with Crippen molar-refractivity contribution in [1.82, 2.24) is 4.90 Å². The zero-order valence-corrected chi connectivity index (χ0v) is 10.3. The van der Waals surface area contributed by atoms with Crippen molar-refractivity contribution in [3.8, 4) is 0 Å². The third-order valence-corrected chi connectivity index (χ3v) is 2.12. The monoisotopic (exact) mass is 231 g/mol. The molecule has 1 aliphatic rings. The van der Waals surface area contributed by atoms with E-state index in [9.17, 15) is 4.79 Å². The van der Waals surface area contributed by atoms with E-state index in [2.05, 4.69) is 4.90 Å². The maximum Gasteiger partial charge on any atom is 0.508 e. The van der Waals surface area contributed by atoms with Crippen molar-refractivity contribution in [1.29, 1.82) is 0 Å². The Balaban J connectivity index is 2.08. The van der Waals surface area contributed by atoms with Crippen LogP contribution in [0.4, 0.5) is 4.79 Å². The van der Waals surface area contributed by atoms with Crippen molar-refractivity contribution in [2.75, 3.05) is 39.5 Å². The van der Waals surface area contributed by atoms with Gasteiger partial charge in [0.25, 0.3) is 0 Å². The van der Waals surface area contributed by atoms with Crippen molar-refractivity contribution in [3.63, 3.8) is 0 Å². The van der Waals surface area contributed by atoms with Crippen molar-refractivity contribution in [2.45, 2.75) is 26.4 Å². The van der Waals surface area contributed by atoms with Crippen LogP contribution in [-0.2, 0) is 14.2 Å². The summed E-state index contributed by atoms with van der Waals surface area (Å²) in [5, 5.41) is 0. The number of carbonyl (C=O) groups excluding carboxylic acids is 1. The number of morpholine rings is 1. The molecule has 0 aliphatic carbocycles. The average molecular weight is 231 g/mol. The van der Waals surface area contributed by atoms with Gasteiger partial charge < -0.3 is 14.2 Å². The number of hydrogen-bond donors (Lipinski definition) is 0. The molecule has 16 heavy (non-hydrogen) atoms. The van der Waals surface area contributed by atoms with Gasteiger partial charge in [0.05, 0.1) is 13.2 Å². The second kappa shape index (κ2) is 6.06. The molecule has 0 spiro atoms. The summed E-state index contributed by atoms with van der Waals surface area (Å²) in [4.78, 5) is 13.4. The maximum absolute atomic E-state index is 11.2. The van der Waals surface area contributed by atoms with Gasteiger partial charge in [-0.05, 0) is 20.8 Å². The summed E-state index contributed by atoms with van der Waals surface area (Å²) in [6.07, 6.45) is -0.597. The van der Waals surface area contributed by atoms with Crippen LogP contribution in [0, 0.1) is 0 Å². The minimum absolute atomic E-state index is 0.370. The van der Waals surface area contributed by atoms with E-state index in [0.29, 0.717) is 6.61 Å². The highest BCUT2D eigenvalue weighted by atomic mass is 16.7. The number of hydrogen-bond acceptors (Lipinski definition) is 5. The van der Waals surface area contributed by atoms with Gasteiger partial charge in [-0.15, -0.1) is 0 Å². The summed E-state index contributed by atoms with van der Waals surface area (Å²) in [5.41, 5.74) is -0.490. The molecule has 0 aromatic heterocycles. The first-order valence-corrected chi connectivity index (χ1v) is 5.63. The van der Waals surface area contributed by atoms with E-state index in [1.54, 1.807) is 0 Å². The highest BCUT2D eigenvalue weighted by Crippen LogP contribution is 2.08. The molecule has 0 saturated carbocycles. The Kier molecular flexibility index (Phi) is 5.02. The lowest BCUT2D eigenvalue weighted by Crippen LogP contribution is -2.38. The molecular formula is C11H21NO4. The fourth-order valence-corrected chi connectivity index (χ4v) is 1.36. The molecule has 0 bridgehead atoms. The largest absolute Gasteiger partial charge is 0.508 e. The third kappa shape index (κ3) is 5.92. The van der Waals surface area contributed by atoms with E-state index in [1.165, 1.54) is 0 Å². The van der Waals surface area contributed by atoms with Crippen molar-refractivity contribution in [2.24, 2.45) is 0 Å². The standard InChI is InChI=1S/C11H21NO4/c1-11(2,3)16-10(13)15-9-6-12-4-7-14-8-5-12/h4-9H2,1-3H3. The predicted octanol–water partition coefficient (Wildman–Crippen LogP) is 1.27. The SMILES string of the molecule is CC(C)(C)OC(=O)OCCN1CCOCC1. The summed E-state index contributed by atoms with van der Waals surface area (Å²) < 4.78 is 15.2. The molecule has 1 aliphatic heterocycles. The van der Waals surface area contributed by atoms with E-state index in [4.69, 9.17) is 14.2 Å². The van der Waals surface area contributed by atoms with E-state index in [1.807, 2.05) is 20.8 Å². The van der Waals surface area contributed by atoms with Crippen LogP contribution in [0.15, 0.2) is 0 Å². The molecular weight excluding hydrogens is 210 g/mol. The van der Waals surface area contributed by atoms with Crippen LogP contribution in [-0.4, -0.2) is 56.1 Å². The summed E-state index contributed by atoms with van der Waals surface area (Å²) in [7, 11) is 0. The second-order valence-corrected chi connectivity index (χ2v) is 4.77. The zero-order valence-electron chi connectivity index (χ0n) is 10.3. The number of nitrogens with zero attached hydrogens (tertiary/aromatic N) is 1. The molecule has 0 amide bonds. The summed E-state index contributed by atoms with van der Waals surface area (Å²) in [6, 6.07) is 0. The first-order valence-electron chi connectivity index (χ1n) is 5.63. The maximum atomic E-state index is 11.2. The van der Waals surface area contributed by atoms with Gasteiger partial charge in [0.1, 0.15) is 12.2 Å². The molecule has 0 aromatic rings. The normalized spacial score (nSPS) is 18.2. The van der Waals surface area contributed by atoms with Gasteiger partial charge in [-0.25, -0.2) is 4.79 Å². The second-order valence-electron chi connectivity index (χ2n) is 4.77. The number of ether oxygens (including phenoxy) is 3. The van der Waals surface area contributed by atoms with Gasteiger partial charge in [0.2, 0.25) is 0 Å². The molecule has 0 aromatic carbocycles. The van der Waals surface area contributed by atoms with Crippen LogP contribution in [0.25, 0.3) is 0 Å². The van der Waals surface area contributed by atoms with Crippen LogP contribution in [0.5, 0.6) is 0 Å². The van der Waals surface area contributed by atoms with E-state index >= 15 is 0 Å². The molecule has 1 heterocycles. The Morgan fingerprint density at radius 2 is 1.94 bits per heavy atom. The van der Waals surface area contributed by atoms with E-state index < -0.39 is 11.8 Å². The highest BCUT2D eigenvalue weighted by Gasteiger charge is 2.17. The van der Waals surface area contributed by atoms with Crippen LogP contribution >= 0.6 is 0 Å². The molecule has 0 unspecified atom stereocenters. The fourth-order valence-electron chi connectivity index (χ4n) is 1.36. The van der Waals surface area contributed by atoms with Crippen LogP contribution < -0.4 is 0 Å². The minimum Gasteiger partial charge on any atom is -0.433 e. The molecule has 1 saturated heterocycles. The Bertz CT molecular complexity index is 219. The van der Waals surface area contributed by atoms with Crippen LogP contribution in [0.3, 0.4) is 0 Å². The molecule has 0 atom stereocenters. The smallest absolute Gasteiger partial charge is 0.433 e. The Morgan fingerprint density at radius 1 is 1.31 bits per heavy atom. The Labute approximate surface area is 96.6 Å². The highest BCUT2D eigenvalue weighted by molar-refractivity contribution is 5.60. The van der Waals surface area contributed by atoms with E-state index in [-0.39, 0.29) is 0 Å². The van der Waals surface area contributed by atoms with E-state index in [0.717, 1.165) is 32.8 Å². The lowest BCUT2D eigenvalue weighted by atomic mass is 10.2. The molecule has 1 fully saturated rings. The quantitative estimate of drug-likeness (QED) is 0.685. The van der Waals surface area contributed by atoms with Gasteiger partial charge in [0, 0.05) is 19.6 Å². The number of carbonyl (C=O) groups is 1. The summed E-state index contributed by atoms with van der Waals surface area (Å²) >= 11 is 0. The molecule has 94 valence electrons.